The molecule has 0 aromatic heterocycles. The average Bonchev–Trinajstić information content (AvgIpc) is 2.67. The van der Waals surface area contributed by atoms with Crippen LogP contribution in [0.4, 0.5) is 17.1 Å². The third kappa shape index (κ3) is 7.16. The fraction of sp³-hybridized carbons (Fsp3) is 0.250. The fourth-order valence-corrected chi connectivity index (χ4v) is 2.73. The lowest BCUT2D eigenvalue weighted by molar-refractivity contribution is 0.242. The number of anilines is 3. The molecule has 0 radical (unpaired) electrons. The third-order valence-corrected chi connectivity index (χ3v) is 4.28. The normalized spacial score (nSPS) is 10.2. The monoisotopic (exact) mass is 396 g/mol. The maximum Gasteiger partial charge on any atom is 0.119 e. The van der Waals surface area contributed by atoms with Crippen molar-refractivity contribution >= 4 is 28.7 Å². The van der Waals surface area contributed by atoms with Gasteiger partial charge in [-0.2, -0.15) is 0 Å². The Morgan fingerprint density at radius 3 is 2.14 bits per heavy atom. The second-order valence-corrected chi connectivity index (χ2v) is 7.32. The molecule has 0 saturated carbocycles. The second kappa shape index (κ2) is 10.6. The van der Waals surface area contributed by atoms with Gasteiger partial charge in [0.2, 0.25) is 0 Å². The number of ether oxygens (including phenoxy) is 1. The Morgan fingerprint density at radius 1 is 0.964 bits per heavy atom. The minimum absolute atomic E-state index is 0.192. The van der Waals surface area contributed by atoms with Crippen molar-refractivity contribution in [1.82, 2.24) is 0 Å². The molecule has 0 spiro atoms. The van der Waals surface area contributed by atoms with Gasteiger partial charge < -0.3 is 15.8 Å². The van der Waals surface area contributed by atoms with E-state index in [0.29, 0.717) is 0 Å². The Kier molecular flexibility index (Phi) is 8.21. The molecular formula is C24H29ClN2O. The van der Waals surface area contributed by atoms with Crippen LogP contribution in [0, 0.1) is 6.92 Å². The van der Waals surface area contributed by atoms with E-state index in [1.165, 1.54) is 11.1 Å². The molecule has 3 rings (SSSR count). The highest BCUT2D eigenvalue weighted by atomic mass is 35.5. The van der Waals surface area contributed by atoms with Crippen molar-refractivity contribution in [2.75, 3.05) is 11.1 Å². The van der Waals surface area contributed by atoms with Crippen LogP contribution in [-0.4, -0.2) is 6.10 Å². The molecule has 0 aliphatic rings. The fourth-order valence-electron chi connectivity index (χ4n) is 2.61. The molecule has 3 aromatic rings. The van der Waals surface area contributed by atoms with Crippen LogP contribution in [0.15, 0.2) is 66.7 Å². The molecule has 0 unspecified atom stereocenters. The molecule has 148 valence electrons. The number of nitrogen functional groups attached to an aromatic ring is 1. The van der Waals surface area contributed by atoms with Gasteiger partial charge in [0.05, 0.1) is 6.10 Å². The number of hydrogen-bond donors (Lipinski definition) is 2. The summed E-state index contributed by atoms with van der Waals surface area (Å²) in [5.41, 5.74) is 11.2. The summed E-state index contributed by atoms with van der Waals surface area (Å²) >= 11 is 5.61. The van der Waals surface area contributed by atoms with Crippen molar-refractivity contribution in [1.29, 1.82) is 0 Å². The molecule has 0 atom stereocenters. The minimum Gasteiger partial charge on any atom is -0.491 e. The molecule has 3 nitrogen and oxygen atoms in total. The molecule has 0 saturated heterocycles. The van der Waals surface area contributed by atoms with Gasteiger partial charge in [-0.05, 0) is 87.4 Å². The summed E-state index contributed by atoms with van der Waals surface area (Å²) in [5.74, 6) is 0.888. The molecule has 28 heavy (non-hydrogen) atoms. The summed E-state index contributed by atoms with van der Waals surface area (Å²) in [6.45, 7) is 8.21. The van der Waals surface area contributed by atoms with E-state index in [1.807, 2.05) is 87.5 Å². The number of halogens is 1. The highest BCUT2D eigenvalue weighted by Crippen LogP contribution is 2.25. The Bertz CT molecular complexity index is 838. The second-order valence-electron chi connectivity index (χ2n) is 6.88. The predicted octanol–water partition coefficient (Wildman–Crippen LogP) is 7.01. The van der Waals surface area contributed by atoms with Gasteiger partial charge in [0, 0.05) is 22.1 Å². The van der Waals surface area contributed by atoms with Crippen LogP contribution < -0.4 is 15.8 Å². The first kappa shape index (κ1) is 21.6. The molecule has 0 heterocycles. The smallest absolute Gasteiger partial charge is 0.119 e. The molecule has 4 heteroatoms. The summed E-state index contributed by atoms with van der Waals surface area (Å²) in [5, 5.41) is 4.22. The van der Waals surface area contributed by atoms with Gasteiger partial charge in [-0.1, -0.05) is 36.2 Å². The summed E-state index contributed by atoms with van der Waals surface area (Å²) in [6, 6.07) is 21.7. The zero-order valence-electron chi connectivity index (χ0n) is 17.0. The average molecular weight is 397 g/mol. The van der Waals surface area contributed by atoms with Gasteiger partial charge in [0.1, 0.15) is 5.75 Å². The number of rotatable bonds is 5. The van der Waals surface area contributed by atoms with Gasteiger partial charge in [0.15, 0.2) is 0 Å². The van der Waals surface area contributed by atoms with E-state index in [0.717, 1.165) is 34.3 Å². The van der Waals surface area contributed by atoms with E-state index in [1.54, 1.807) is 0 Å². The minimum atomic E-state index is 0.192. The van der Waals surface area contributed by atoms with Crippen molar-refractivity contribution in [2.24, 2.45) is 0 Å². The van der Waals surface area contributed by atoms with Gasteiger partial charge in [-0.25, -0.2) is 0 Å². The van der Waals surface area contributed by atoms with E-state index in [9.17, 15) is 0 Å². The van der Waals surface area contributed by atoms with E-state index in [2.05, 4.69) is 12.2 Å². The third-order valence-electron chi connectivity index (χ3n) is 4.03. The largest absolute Gasteiger partial charge is 0.491 e. The molecule has 0 fully saturated rings. The number of aryl methyl sites for hydroxylation is 2. The van der Waals surface area contributed by atoms with E-state index in [4.69, 9.17) is 22.1 Å². The van der Waals surface area contributed by atoms with Crippen molar-refractivity contribution in [3.8, 4) is 5.75 Å². The van der Waals surface area contributed by atoms with Gasteiger partial charge >= 0.3 is 0 Å². The molecule has 0 aliphatic carbocycles. The predicted molar refractivity (Wildman–Crippen MR) is 122 cm³/mol. The number of hydrogen-bond acceptors (Lipinski definition) is 3. The summed E-state index contributed by atoms with van der Waals surface area (Å²) < 4.78 is 5.64. The lowest BCUT2D eigenvalue weighted by atomic mass is 10.1. The van der Waals surface area contributed by atoms with Crippen LogP contribution >= 0.6 is 11.6 Å². The van der Waals surface area contributed by atoms with E-state index < -0.39 is 0 Å². The first-order valence-electron chi connectivity index (χ1n) is 9.51. The van der Waals surface area contributed by atoms with E-state index >= 15 is 0 Å². The van der Waals surface area contributed by atoms with Crippen molar-refractivity contribution in [3.05, 3.63) is 82.9 Å². The van der Waals surface area contributed by atoms with Crippen molar-refractivity contribution in [3.63, 3.8) is 0 Å². The molecule has 3 N–H and O–H groups in total. The first-order valence-corrected chi connectivity index (χ1v) is 9.89. The summed E-state index contributed by atoms with van der Waals surface area (Å²) in [4.78, 5) is 0. The van der Waals surface area contributed by atoms with Gasteiger partial charge in [-0.3, -0.25) is 0 Å². The van der Waals surface area contributed by atoms with Crippen LogP contribution in [0.5, 0.6) is 5.75 Å². The highest BCUT2D eigenvalue weighted by Gasteiger charge is 2.03. The number of nitrogens with two attached hydrogens (primary N) is 1. The lowest BCUT2D eigenvalue weighted by Crippen LogP contribution is -2.05. The van der Waals surface area contributed by atoms with Crippen LogP contribution in [0.2, 0.25) is 5.02 Å². The van der Waals surface area contributed by atoms with Crippen molar-refractivity contribution < 1.29 is 4.74 Å². The maximum absolute atomic E-state index is 5.82. The summed E-state index contributed by atoms with van der Waals surface area (Å²) in [6.07, 6.45) is 1.14. The van der Waals surface area contributed by atoms with Crippen LogP contribution in [-0.2, 0) is 6.42 Å². The SMILES string of the molecule is CCc1cc(N)ccc1Nc1ccc(OC(C)C)cc1.Cc1ccc(Cl)cc1. The number of benzene rings is 3. The maximum atomic E-state index is 5.82. The Labute approximate surface area is 173 Å². The van der Waals surface area contributed by atoms with Crippen LogP contribution in [0.25, 0.3) is 0 Å². The van der Waals surface area contributed by atoms with Crippen LogP contribution in [0.1, 0.15) is 31.9 Å². The Balaban J connectivity index is 0.000000292. The molecule has 0 bridgehead atoms. The molecular weight excluding hydrogens is 368 g/mol. The quantitative estimate of drug-likeness (QED) is 0.456. The Morgan fingerprint density at radius 2 is 1.61 bits per heavy atom. The van der Waals surface area contributed by atoms with Crippen molar-refractivity contribution in [2.45, 2.75) is 40.2 Å². The summed E-state index contributed by atoms with van der Waals surface area (Å²) in [7, 11) is 0. The molecule has 0 aliphatic heterocycles. The first-order chi connectivity index (χ1) is 13.4. The Hall–Kier alpha value is -2.65. The molecule has 0 amide bonds. The lowest BCUT2D eigenvalue weighted by Gasteiger charge is -2.13. The zero-order chi connectivity index (χ0) is 20.5. The van der Waals surface area contributed by atoms with E-state index in [-0.39, 0.29) is 6.10 Å². The standard InChI is InChI=1S/C17H22N2O.C7H7Cl/c1-4-13-11-14(18)5-10-17(13)19-15-6-8-16(9-7-15)20-12(2)3;1-6-2-4-7(8)5-3-6/h5-12,19H,4,18H2,1-3H3;2-5H,1H3. The highest BCUT2D eigenvalue weighted by molar-refractivity contribution is 6.30. The zero-order valence-corrected chi connectivity index (χ0v) is 17.8. The van der Waals surface area contributed by atoms with Gasteiger partial charge in [0.25, 0.3) is 0 Å². The molecule has 3 aromatic carbocycles. The van der Waals surface area contributed by atoms with Gasteiger partial charge in [-0.15, -0.1) is 0 Å². The van der Waals surface area contributed by atoms with Crippen LogP contribution in [0.3, 0.4) is 0 Å². The number of nitrogens with one attached hydrogen (secondary N) is 1. The topological polar surface area (TPSA) is 47.3 Å².